The van der Waals surface area contributed by atoms with E-state index in [1.54, 1.807) is 19.1 Å². The molecular weight excluding hydrogens is 199 g/mol. The van der Waals surface area contributed by atoms with Crippen LogP contribution in [-0.2, 0) is 0 Å². The molecule has 0 saturated heterocycles. The van der Waals surface area contributed by atoms with Crippen LogP contribution in [0.4, 0.5) is 4.39 Å². The lowest BCUT2D eigenvalue weighted by Crippen LogP contribution is -2.22. The highest BCUT2D eigenvalue weighted by Crippen LogP contribution is 2.14. The van der Waals surface area contributed by atoms with Gasteiger partial charge in [-0.1, -0.05) is 11.2 Å². The molecule has 0 spiro atoms. The molecule has 3 N–H and O–H groups in total. The molecule has 1 unspecified atom stereocenters. The molecule has 0 aliphatic carbocycles. The summed E-state index contributed by atoms with van der Waals surface area (Å²) in [6.45, 7) is 1.75. The first-order valence-electron chi connectivity index (χ1n) is 4.50. The number of ether oxygens (including phenoxy) is 1. The third-order valence-corrected chi connectivity index (χ3v) is 1.76. The average Bonchev–Trinajstić information content (AvgIpc) is 2.17. The zero-order chi connectivity index (χ0) is 11.3. The van der Waals surface area contributed by atoms with Crippen LogP contribution < -0.4 is 10.5 Å². The molecule has 0 aliphatic heterocycles. The van der Waals surface area contributed by atoms with Crippen molar-refractivity contribution in [2.24, 2.45) is 10.9 Å². The van der Waals surface area contributed by atoms with Gasteiger partial charge >= 0.3 is 0 Å². The summed E-state index contributed by atoms with van der Waals surface area (Å²) in [5.41, 5.74) is 5.30. The fourth-order valence-electron chi connectivity index (χ4n) is 1.15. The third kappa shape index (κ3) is 3.84. The lowest BCUT2D eigenvalue weighted by molar-refractivity contribution is 0.225. The van der Waals surface area contributed by atoms with Crippen LogP contribution in [0.15, 0.2) is 29.4 Å². The zero-order valence-electron chi connectivity index (χ0n) is 8.35. The van der Waals surface area contributed by atoms with Gasteiger partial charge in [-0.25, -0.2) is 4.39 Å². The van der Waals surface area contributed by atoms with Gasteiger partial charge in [0.15, 0.2) is 0 Å². The molecule has 0 aliphatic rings. The van der Waals surface area contributed by atoms with Crippen molar-refractivity contribution in [1.82, 2.24) is 0 Å². The Hall–Kier alpha value is -1.78. The quantitative estimate of drug-likeness (QED) is 0.345. The van der Waals surface area contributed by atoms with Crippen LogP contribution in [0.5, 0.6) is 5.75 Å². The Morgan fingerprint density at radius 2 is 2.40 bits per heavy atom. The van der Waals surface area contributed by atoms with Crippen LogP contribution >= 0.6 is 0 Å². The summed E-state index contributed by atoms with van der Waals surface area (Å²) in [6, 6.07) is 5.82. The number of hydrogen-bond donors (Lipinski definition) is 2. The van der Waals surface area contributed by atoms with Gasteiger partial charge in [-0.2, -0.15) is 0 Å². The van der Waals surface area contributed by atoms with Crippen LogP contribution in [0.3, 0.4) is 0 Å². The van der Waals surface area contributed by atoms with Crippen molar-refractivity contribution >= 4 is 5.84 Å². The van der Waals surface area contributed by atoms with E-state index in [2.05, 4.69) is 5.16 Å². The Balaban J connectivity index is 2.55. The van der Waals surface area contributed by atoms with Gasteiger partial charge in [-0.15, -0.1) is 0 Å². The third-order valence-electron chi connectivity index (χ3n) is 1.76. The van der Waals surface area contributed by atoms with Gasteiger partial charge in [0.2, 0.25) is 0 Å². The number of amidine groups is 1. The second-order valence-electron chi connectivity index (χ2n) is 3.18. The minimum atomic E-state index is -0.358. The van der Waals surface area contributed by atoms with E-state index < -0.39 is 0 Å². The van der Waals surface area contributed by atoms with Crippen molar-refractivity contribution in [1.29, 1.82) is 0 Å². The highest BCUT2D eigenvalue weighted by Gasteiger charge is 2.07. The molecule has 0 heterocycles. The fourth-order valence-corrected chi connectivity index (χ4v) is 1.15. The minimum Gasteiger partial charge on any atom is -0.490 e. The highest BCUT2D eigenvalue weighted by atomic mass is 19.1. The Kier molecular flexibility index (Phi) is 3.91. The Bertz CT molecular complexity index is 355. The van der Waals surface area contributed by atoms with Gasteiger partial charge in [0.05, 0.1) is 0 Å². The van der Waals surface area contributed by atoms with E-state index in [1.807, 2.05) is 0 Å². The standard InChI is InChI=1S/C10H13FN2O2/c1-7(5-10(12)13-14)15-9-4-2-3-8(11)6-9/h2-4,6-7,14H,5H2,1H3,(H2,12,13). The van der Waals surface area contributed by atoms with Crippen molar-refractivity contribution in [2.45, 2.75) is 19.4 Å². The molecule has 1 rings (SSSR count). The molecule has 15 heavy (non-hydrogen) atoms. The van der Waals surface area contributed by atoms with Crippen molar-refractivity contribution in [3.63, 3.8) is 0 Å². The summed E-state index contributed by atoms with van der Waals surface area (Å²) in [7, 11) is 0. The second-order valence-corrected chi connectivity index (χ2v) is 3.18. The molecule has 0 amide bonds. The fraction of sp³-hybridized carbons (Fsp3) is 0.300. The van der Waals surface area contributed by atoms with E-state index in [4.69, 9.17) is 15.7 Å². The summed E-state index contributed by atoms with van der Waals surface area (Å²) in [5, 5.41) is 11.2. The van der Waals surface area contributed by atoms with Crippen molar-refractivity contribution in [3.8, 4) is 5.75 Å². The number of hydrogen-bond acceptors (Lipinski definition) is 3. The number of benzene rings is 1. The van der Waals surface area contributed by atoms with E-state index >= 15 is 0 Å². The van der Waals surface area contributed by atoms with E-state index in [-0.39, 0.29) is 24.2 Å². The molecule has 0 saturated carbocycles. The van der Waals surface area contributed by atoms with Gasteiger partial charge in [0.25, 0.3) is 0 Å². The normalized spacial score (nSPS) is 13.6. The molecule has 1 aromatic rings. The second kappa shape index (κ2) is 5.19. The SMILES string of the molecule is CC(CC(N)=NO)Oc1cccc(F)c1. The van der Waals surface area contributed by atoms with Gasteiger partial charge in [0.1, 0.15) is 23.5 Å². The van der Waals surface area contributed by atoms with Gasteiger partial charge in [0, 0.05) is 12.5 Å². The maximum Gasteiger partial charge on any atom is 0.142 e. The van der Waals surface area contributed by atoms with Crippen LogP contribution in [0.25, 0.3) is 0 Å². The van der Waals surface area contributed by atoms with Crippen LogP contribution in [0, 0.1) is 5.82 Å². The van der Waals surface area contributed by atoms with E-state index in [1.165, 1.54) is 12.1 Å². The first kappa shape index (κ1) is 11.3. The molecular formula is C10H13FN2O2. The summed E-state index contributed by atoms with van der Waals surface area (Å²) in [6.07, 6.45) is 0.00946. The zero-order valence-corrected chi connectivity index (χ0v) is 8.35. The summed E-state index contributed by atoms with van der Waals surface area (Å²) in [4.78, 5) is 0. The van der Waals surface area contributed by atoms with E-state index in [0.29, 0.717) is 5.75 Å². The Morgan fingerprint density at radius 3 is 3.00 bits per heavy atom. The number of oxime groups is 1. The summed E-state index contributed by atoms with van der Waals surface area (Å²) >= 11 is 0. The molecule has 4 nitrogen and oxygen atoms in total. The van der Waals surface area contributed by atoms with Crippen molar-refractivity contribution in [3.05, 3.63) is 30.1 Å². The smallest absolute Gasteiger partial charge is 0.142 e. The maximum atomic E-state index is 12.8. The number of rotatable bonds is 4. The molecule has 82 valence electrons. The van der Waals surface area contributed by atoms with E-state index in [9.17, 15) is 4.39 Å². The van der Waals surface area contributed by atoms with Crippen LogP contribution in [-0.4, -0.2) is 17.1 Å². The first-order chi connectivity index (χ1) is 7.11. The van der Waals surface area contributed by atoms with Gasteiger partial charge in [-0.3, -0.25) is 0 Å². The highest BCUT2D eigenvalue weighted by molar-refractivity contribution is 5.80. The predicted molar refractivity (Wildman–Crippen MR) is 54.5 cm³/mol. The number of halogens is 1. The number of nitrogens with zero attached hydrogens (tertiary/aromatic N) is 1. The monoisotopic (exact) mass is 212 g/mol. The van der Waals surface area contributed by atoms with Crippen LogP contribution in [0.1, 0.15) is 13.3 Å². The molecule has 0 aromatic heterocycles. The molecule has 0 bridgehead atoms. The molecule has 1 aromatic carbocycles. The maximum absolute atomic E-state index is 12.8. The predicted octanol–water partition coefficient (Wildman–Crippen LogP) is 1.73. The Morgan fingerprint density at radius 1 is 1.67 bits per heavy atom. The van der Waals surface area contributed by atoms with Gasteiger partial charge in [-0.05, 0) is 19.1 Å². The minimum absolute atomic E-state index is 0.0823. The number of nitrogens with two attached hydrogens (primary N) is 1. The first-order valence-corrected chi connectivity index (χ1v) is 4.50. The average molecular weight is 212 g/mol. The molecule has 0 fully saturated rings. The summed E-state index contributed by atoms with van der Waals surface area (Å²) < 4.78 is 18.1. The van der Waals surface area contributed by atoms with Crippen molar-refractivity contribution < 1.29 is 14.3 Å². The lowest BCUT2D eigenvalue weighted by Gasteiger charge is -2.13. The largest absolute Gasteiger partial charge is 0.490 e. The van der Waals surface area contributed by atoms with Gasteiger partial charge < -0.3 is 15.7 Å². The molecule has 0 radical (unpaired) electrons. The molecule has 5 heteroatoms. The summed E-state index contributed by atoms with van der Waals surface area (Å²) in [5.74, 6) is 0.149. The Labute approximate surface area is 87.2 Å². The van der Waals surface area contributed by atoms with Crippen molar-refractivity contribution in [2.75, 3.05) is 0 Å². The van der Waals surface area contributed by atoms with E-state index in [0.717, 1.165) is 0 Å². The molecule has 1 atom stereocenters. The lowest BCUT2D eigenvalue weighted by atomic mass is 10.2. The topological polar surface area (TPSA) is 67.8 Å². The van der Waals surface area contributed by atoms with Crippen LogP contribution in [0.2, 0.25) is 0 Å².